The summed E-state index contributed by atoms with van der Waals surface area (Å²) >= 11 is 0. The first-order valence-electron chi connectivity index (χ1n) is 1.74. The Morgan fingerprint density at radius 3 is 2.17 bits per heavy atom. The Morgan fingerprint density at radius 2 is 2.17 bits per heavy atom. The molecule has 0 bridgehead atoms. The quantitative estimate of drug-likeness (QED) is 0.441. The van der Waals surface area contributed by atoms with Crippen LogP contribution in [0.2, 0.25) is 0 Å². The largest absolute Gasteiger partial charge is 2.00 e. The van der Waals surface area contributed by atoms with Crippen LogP contribution >= 0.6 is 0 Å². The first kappa shape index (κ1) is 9.64. The van der Waals surface area contributed by atoms with Crippen molar-refractivity contribution < 1.29 is 20.4 Å². The van der Waals surface area contributed by atoms with Gasteiger partial charge in [0.1, 0.15) is 0 Å². The van der Waals surface area contributed by atoms with Gasteiger partial charge in [0.2, 0.25) is 0 Å². The fourth-order valence-corrected chi connectivity index (χ4v) is 0.118. The molecule has 0 atom stereocenters. The predicted molar refractivity (Wildman–Crippen MR) is 23.5 cm³/mol. The average molecular weight is 175 g/mol. The van der Waals surface area contributed by atoms with Gasteiger partial charge in [0.15, 0.2) is 0 Å². The molecule has 0 heterocycles. The van der Waals surface area contributed by atoms with Crippen molar-refractivity contribution in [1.82, 2.24) is 0 Å². The second-order valence-electron chi connectivity index (χ2n) is 0.878. The SMILES string of the molecule is [CH-]=CCC[CH2-].[Pd+2]. The minimum absolute atomic E-state index is 0. The van der Waals surface area contributed by atoms with Gasteiger partial charge in [-0.3, -0.25) is 6.08 Å². The zero-order valence-electron chi connectivity index (χ0n) is 3.59. The Hall–Kier alpha value is 0.402. The Balaban J connectivity index is 0. The first-order chi connectivity index (χ1) is 2.41. The van der Waals surface area contributed by atoms with Crippen LogP contribution in [0.15, 0.2) is 6.08 Å². The van der Waals surface area contributed by atoms with Crippen LogP contribution in [0.25, 0.3) is 0 Å². The maximum absolute atomic E-state index is 4.97. The molecule has 0 fully saturated rings. The molecule has 0 aromatic carbocycles. The third-order valence-electron chi connectivity index (χ3n) is 0.371. The van der Waals surface area contributed by atoms with E-state index in [0.29, 0.717) is 0 Å². The van der Waals surface area contributed by atoms with Crippen LogP contribution in [0.4, 0.5) is 0 Å². The zero-order valence-corrected chi connectivity index (χ0v) is 5.15. The summed E-state index contributed by atoms with van der Waals surface area (Å²) in [6, 6.07) is 0. The molecule has 0 radical (unpaired) electrons. The van der Waals surface area contributed by atoms with Gasteiger partial charge in [-0.15, -0.1) is 0 Å². The van der Waals surface area contributed by atoms with Gasteiger partial charge in [-0.1, -0.05) is 6.42 Å². The summed E-state index contributed by atoms with van der Waals surface area (Å²) in [4.78, 5) is 0. The van der Waals surface area contributed by atoms with Gasteiger partial charge in [0.05, 0.1) is 0 Å². The van der Waals surface area contributed by atoms with Crippen LogP contribution < -0.4 is 0 Å². The van der Waals surface area contributed by atoms with E-state index >= 15 is 0 Å². The Bertz CT molecular complexity index is 25.1. The molecule has 0 rings (SSSR count). The fourth-order valence-electron chi connectivity index (χ4n) is 0.118. The topological polar surface area (TPSA) is 0 Å². The van der Waals surface area contributed by atoms with Crippen molar-refractivity contribution >= 4 is 0 Å². The summed E-state index contributed by atoms with van der Waals surface area (Å²) in [7, 11) is 0. The average Bonchev–Trinajstić information content (AvgIpc) is 1.41. The monoisotopic (exact) mass is 174 g/mol. The smallest absolute Gasteiger partial charge is 0.518 e. The van der Waals surface area contributed by atoms with E-state index in [1.807, 2.05) is 0 Å². The van der Waals surface area contributed by atoms with E-state index in [2.05, 4.69) is 6.92 Å². The van der Waals surface area contributed by atoms with Crippen LogP contribution in [-0.2, 0) is 20.4 Å². The van der Waals surface area contributed by atoms with Crippen molar-refractivity contribution in [2.75, 3.05) is 0 Å². The summed E-state index contributed by atoms with van der Waals surface area (Å²) in [5, 5.41) is 0. The number of hydrogen-bond acceptors (Lipinski definition) is 0. The molecule has 0 N–H and O–H groups in total. The van der Waals surface area contributed by atoms with Gasteiger partial charge in [0, 0.05) is 0 Å². The van der Waals surface area contributed by atoms with Crippen LogP contribution in [0.1, 0.15) is 12.8 Å². The molecule has 0 nitrogen and oxygen atoms in total. The third-order valence-corrected chi connectivity index (χ3v) is 0.371. The number of unbranched alkanes of at least 4 members (excludes halogenated alkanes) is 1. The molecular formula is C5H8Pd. The van der Waals surface area contributed by atoms with Crippen molar-refractivity contribution in [3.8, 4) is 0 Å². The molecule has 0 saturated carbocycles. The fraction of sp³-hybridized carbons (Fsp3) is 0.400. The van der Waals surface area contributed by atoms with Crippen molar-refractivity contribution in [1.29, 1.82) is 0 Å². The number of hydrogen-bond donors (Lipinski definition) is 0. The Morgan fingerprint density at radius 1 is 1.67 bits per heavy atom. The second kappa shape index (κ2) is 9.04. The van der Waals surface area contributed by atoms with Gasteiger partial charge in [-0.25, -0.2) is 0 Å². The van der Waals surface area contributed by atoms with E-state index in [0.717, 1.165) is 12.8 Å². The summed E-state index contributed by atoms with van der Waals surface area (Å²) in [5.74, 6) is 0. The van der Waals surface area contributed by atoms with E-state index in [1.165, 1.54) is 0 Å². The van der Waals surface area contributed by atoms with Gasteiger partial charge in [0.25, 0.3) is 0 Å². The summed E-state index contributed by atoms with van der Waals surface area (Å²) < 4.78 is 0. The summed E-state index contributed by atoms with van der Waals surface area (Å²) in [6.07, 6.45) is 3.46. The number of allylic oxidation sites excluding steroid dienone is 1. The van der Waals surface area contributed by atoms with Gasteiger partial charge in [-0.2, -0.15) is 6.42 Å². The molecule has 1 heteroatoms. The van der Waals surface area contributed by atoms with E-state index < -0.39 is 0 Å². The molecule has 0 unspecified atom stereocenters. The predicted octanol–water partition coefficient (Wildman–Crippen LogP) is 1.59. The molecule has 0 aromatic heterocycles. The number of rotatable bonds is 2. The molecule has 0 aliphatic carbocycles. The van der Waals surface area contributed by atoms with Gasteiger partial charge < -0.3 is 13.5 Å². The molecule has 0 aromatic rings. The van der Waals surface area contributed by atoms with E-state index in [4.69, 9.17) is 6.58 Å². The molecule has 0 spiro atoms. The Labute approximate surface area is 53.3 Å². The van der Waals surface area contributed by atoms with E-state index in [-0.39, 0.29) is 20.4 Å². The maximum Gasteiger partial charge on any atom is 2.00 e. The van der Waals surface area contributed by atoms with Crippen molar-refractivity contribution in [3.63, 3.8) is 0 Å². The molecular weight excluding hydrogens is 166 g/mol. The van der Waals surface area contributed by atoms with Crippen LogP contribution in [0.3, 0.4) is 0 Å². The van der Waals surface area contributed by atoms with Crippen molar-refractivity contribution in [2.45, 2.75) is 12.8 Å². The molecule has 38 valence electrons. The van der Waals surface area contributed by atoms with Crippen LogP contribution in [-0.4, -0.2) is 0 Å². The molecule has 6 heavy (non-hydrogen) atoms. The summed E-state index contributed by atoms with van der Waals surface area (Å²) in [6.45, 7) is 8.54. The molecule has 0 aliphatic heterocycles. The van der Waals surface area contributed by atoms with Gasteiger partial charge in [-0.05, 0) is 0 Å². The first-order valence-corrected chi connectivity index (χ1v) is 1.74. The Kier molecular flexibility index (Phi) is 14.5. The minimum atomic E-state index is 0. The van der Waals surface area contributed by atoms with E-state index in [1.54, 1.807) is 6.08 Å². The van der Waals surface area contributed by atoms with Crippen molar-refractivity contribution in [3.05, 3.63) is 19.6 Å². The van der Waals surface area contributed by atoms with E-state index in [9.17, 15) is 0 Å². The normalized spacial score (nSPS) is 6.17. The maximum atomic E-state index is 4.97. The standard InChI is InChI=1S/C5H8.Pd/c1-3-5-4-2;/h1,3H,2,4-5H2;/q-2;+2. The third kappa shape index (κ3) is 8.83. The minimum Gasteiger partial charge on any atom is -0.518 e. The summed E-state index contributed by atoms with van der Waals surface area (Å²) in [5.41, 5.74) is 0. The van der Waals surface area contributed by atoms with Gasteiger partial charge >= 0.3 is 20.4 Å². The van der Waals surface area contributed by atoms with Crippen LogP contribution in [0.5, 0.6) is 0 Å². The zero-order chi connectivity index (χ0) is 4.12. The van der Waals surface area contributed by atoms with Crippen LogP contribution in [0, 0.1) is 13.5 Å². The molecule has 0 amide bonds. The molecule has 0 saturated heterocycles. The second-order valence-corrected chi connectivity index (χ2v) is 0.878. The van der Waals surface area contributed by atoms with Crippen molar-refractivity contribution in [2.24, 2.45) is 0 Å². The molecule has 0 aliphatic rings.